The summed E-state index contributed by atoms with van der Waals surface area (Å²) in [6, 6.07) is 4.92. The van der Waals surface area contributed by atoms with Crippen LogP contribution in [-0.4, -0.2) is 24.0 Å². The molecule has 4 heteroatoms. The van der Waals surface area contributed by atoms with Crippen LogP contribution in [0.15, 0.2) is 18.2 Å². The molecule has 2 nitrogen and oxygen atoms in total. The lowest BCUT2D eigenvalue weighted by molar-refractivity contribution is 0.201. The highest BCUT2D eigenvalue weighted by Crippen LogP contribution is 2.17. The molecule has 1 aromatic rings. The molecule has 16 heavy (non-hydrogen) atoms. The summed E-state index contributed by atoms with van der Waals surface area (Å²) in [7, 11) is 0. The van der Waals surface area contributed by atoms with Gasteiger partial charge in [-0.1, -0.05) is 11.6 Å². The Bertz CT molecular complexity index is 350. The fourth-order valence-electron chi connectivity index (χ4n) is 2.20. The van der Waals surface area contributed by atoms with E-state index in [1.54, 1.807) is 0 Å². The Morgan fingerprint density at radius 1 is 1.44 bits per heavy atom. The van der Waals surface area contributed by atoms with Gasteiger partial charge in [0.2, 0.25) is 0 Å². The van der Waals surface area contributed by atoms with Crippen LogP contribution in [0.5, 0.6) is 0 Å². The zero-order valence-corrected chi connectivity index (χ0v) is 9.88. The van der Waals surface area contributed by atoms with Gasteiger partial charge in [0.15, 0.2) is 0 Å². The lowest BCUT2D eigenvalue weighted by atomic mass is 10.1. The Labute approximate surface area is 100 Å². The summed E-state index contributed by atoms with van der Waals surface area (Å²) in [5.41, 5.74) is 6.81. The van der Waals surface area contributed by atoms with Gasteiger partial charge in [-0.3, -0.25) is 4.90 Å². The molecule has 1 heterocycles. The van der Waals surface area contributed by atoms with Gasteiger partial charge in [0.1, 0.15) is 5.82 Å². The highest BCUT2D eigenvalue weighted by Gasteiger charge is 2.16. The molecule has 1 atom stereocenters. The first-order chi connectivity index (χ1) is 7.63. The van der Waals surface area contributed by atoms with Crippen molar-refractivity contribution in [3.63, 3.8) is 0 Å². The van der Waals surface area contributed by atoms with Gasteiger partial charge in [-0.2, -0.15) is 0 Å². The summed E-state index contributed by atoms with van der Waals surface area (Å²) in [5.74, 6) is -0.274. The molecule has 0 radical (unpaired) electrons. The van der Waals surface area contributed by atoms with Gasteiger partial charge in [-0.15, -0.1) is 0 Å². The Kier molecular flexibility index (Phi) is 3.79. The van der Waals surface area contributed by atoms with Crippen molar-refractivity contribution in [2.45, 2.75) is 25.4 Å². The Morgan fingerprint density at radius 3 is 2.94 bits per heavy atom. The number of halogens is 2. The monoisotopic (exact) mass is 242 g/mol. The lowest BCUT2D eigenvalue weighted by Crippen LogP contribution is -2.42. The van der Waals surface area contributed by atoms with Gasteiger partial charge < -0.3 is 5.73 Å². The predicted molar refractivity (Wildman–Crippen MR) is 63.9 cm³/mol. The molecular formula is C12H16ClFN2. The molecule has 1 aliphatic heterocycles. The molecule has 0 aliphatic carbocycles. The number of benzene rings is 1. The van der Waals surface area contributed by atoms with Crippen molar-refractivity contribution in [1.29, 1.82) is 0 Å². The number of likely N-dealkylation sites (tertiary alicyclic amines) is 1. The quantitative estimate of drug-likeness (QED) is 0.863. The van der Waals surface area contributed by atoms with E-state index >= 15 is 0 Å². The maximum atomic E-state index is 13.1. The summed E-state index contributed by atoms with van der Waals surface area (Å²) < 4.78 is 13.1. The maximum Gasteiger partial charge on any atom is 0.125 e. The van der Waals surface area contributed by atoms with Crippen molar-refractivity contribution < 1.29 is 4.39 Å². The van der Waals surface area contributed by atoms with Crippen LogP contribution in [0.25, 0.3) is 0 Å². The first kappa shape index (κ1) is 11.8. The van der Waals surface area contributed by atoms with E-state index in [0.717, 1.165) is 38.0 Å². The van der Waals surface area contributed by atoms with Crippen LogP contribution < -0.4 is 5.73 Å². The Balaban J connectivity index is 2.02. The number of hydrogen-bond acceptors (Lipinski definition) is 2. The second-order valence-electron chi connectivity index (χ2n) is 4.42. The number of nitrogens with two attached hydrogens (primary N) is 1. The van der Waals surface area contributed by atoms with Crippen molar-refractivity contribution in [1.82, 2.24) is 4.90 Å². The number of hydrogen-bond donors (Lipinski definition) is 1. The first-order valence-electron chi connectivity index (χ1n) is 5.56. The van der Waals surface area contributed by atoms with Gasteiger partial charge in [0, 0.05) is 24.2 Å². The van der Waals surface area contributed by atoms with Crippen LogP contribution in [0.2, 0.25) is 5.02 Å². The largest absolute Gasteiger partial charge is 0.327 e. The highest BCUT2D eigenvalue weighted by atomic mass is 35.5. The summed E-state index contributed by atoms with van der Waals surface area (Å²) in [4.78, 5) is 2.25. The van der Waals surface area contributed by atoms with Crippen LogP contribution in [0, 0.1) is 5.82 Å². The zero-order valence-electron chi connectivity index (χ0n) is 9.13. The maximum absolute atomic E-state index is 13.1. The second-order valence-corrected chi connectivity index (χ2v) is 4.85. The Morgan fingerprint density at radius 2 is 2.25 bits per heavy atom. The molecule has 1 aliphatic rings. The summed E-state index contributed by atoms with van der Waals surface area (Å²) in [6.07, 6.45) is 2.20. The minimum absolute atomic E-state index is 0.248. The lowest BCUT2D eigenvalue weighted by Gasteiger charge is -2.30. The third-order valence-corrected chi connectivity index (χ3v) is 3.09. The fraction of sp³-hybridized carbons (Fsp3) is 0.500. The molecule has 2 N–H and O–H groups in total. The SMILES string of the molecule is NC1CCCN(Cc2cc(F)cc(Cl)c2)C1. The molecule has 1 unspecified atom stereocenters. The van der Waals surface area contributed by atoms with Crippen LogP contribution in [-0.2, 0) is 6.54 Å². The van der Waals surface area contributed by atoms with E-state index in [0.29, 0.717) is 5.02 Å². The van der Waals surface area contributed by atoms with Gasteiger partial charge >= 0.3 is 0 Å². The van der Waals surface area contributed by atoms with Crippen LogP contribution in [0.1, 0.15) is 18.4 Å². The number of nitrogens with zero attached hydrogens (tertiary/aromatic N) is 1. The topological polar surface area (TPSA) is 29.3 Å². The summed E-state index contributed by atoms with van der Waals surface area (Å²) in [5, 5.41) is 0.455. The molecule has 1 fully saturated rings. The average molecular weight is 243 g/mol. The third kappa shape index (κ3) is 3.17. The van der Waals surface area contributed by atoms with Gasteiger partial charge in [0.05, 0.1) is 0 Å². The molecule has 0 saturated carbocycles. The molecule has 0 spiro atoms. The molecule has 0 aromatic heterocycles. The molecule has 2 rings (SSSR count). The van der Waals surface area contributed by atoms with E-state index in [4.69, 9.17) is 17.3 Å². The van der Waals surface area contributed by atoms with Crippen molar-refractivity contribution in [2.24, 2.45) is 5.73 Å². The Hall–Kier alpha value is -0.640. The van der Waals surface area contributed by atoms with Gasteiger partial charge in [0.25, 0.3) is 0 Å². The van der Waals surface area contributed by atoms with Crippen molar-refractivity contribution in [2.75, 3.05) is 13.1 Å². The van der Waals surface area contributed by atoms with Crippen LogP contribution in [0.4, 0.5) is 4.39 Å². The number of rotatable bonds is 2. The highest BCUT2D eigenvalue weighted by molar-refractivity contribution is 6.30. The van der Waals surface area contributed by atoms with Gasteiger partial charge in [-0.25, -0.2) is 4.39 Å². The zero-order chi connectivity index (χ0) is 11.5. The predicted octanol–water partition coefficient (Wildman–Crippen LogP) is 2.40. The van der Waals surface area contributed by atoms with Crippen molar-refractivity contribution in [3.05, 3.63) is 34.6 Å². The molecule has 0 bridgehead atoms. The second kappa shape index (κ2) is 5.13. The standard InChI is InChI=1S/C12H16ClFN2/c13-10-4-9(5-11(14)6-10)7-16-3-1-2-12(15)8-16/h4-6,12H,1-3,7-8,15H2. The van der Waals surface area contributed by atoms with E-state index in [1.807, 2.05) is 6.07 Å². The minimum atomic E-state index is -0.274. The van der Waals surface area contributed by atoms with E-state index in [-0.39, 0.29) is 11.9 Å². The van der Waals surface area contributed by atoms with Crippen LogP contribution in [0.3, 0.4) is 0 Å². The van der Waals surface area contributed by atoms with Crippen molar-refractivity contribution in [3.8, 4) is 0 Å². The third-order valence-electron chi connectivity index (χ3n) is 2.87. The van der Waals surface area contributed by atoms with E-state index in [2.05, 4.69) is 4.90 Å². The van der Waals surface area contributed by atoms with E-state index in [1.165, 1.54) is 12.1 Å². The summed E-state index contributed by atoms with van der Waals surface area (Å²) >= 11 is 5.81. The van der Waals surface area contributed by atoms with E-state index in [9.17, 15) is 4.39 Å². The molecule has 0 amide bonds. The molecular weight excluding hydrogens is 227 g/mol. The van der Waals surface area contributed by atoms with Crippen LogP contribution >= 0.6 is 11.6 Å². The molecule has 88 valence electrons. The first-order valence-corrected chi connectivity index (χ1v) is 5.94. The fourth-order valence-corrected chi connectivity index (χ4v) is 2.44. The minimum Gasteiger partial charge on any atom is -0.327 e. The van der Waals surface area contributed by atoms with Crippen molar-refractivity contribution >= 4 is 11.6 Å². The van der Waals surface area contributed by atoms with Gasteiger partial charge in [-0.05, 0) is 43.1 Å². The van der Waals surface area contributed by atoms with E-state index < -0.39 is 0 Å². The molecule has 1 aromatic carbocycles. The summed E-state index contributed by atoms with van der Waals surface area (Å²) in [6.45, 7) is 2.64. The normalized spacial score (nSPS) is 22.3. The number of piperidine rings is 1. The average Bonchev–Trinajstić information content (AvgIpc) is 2.15. The smallest absolute Gasteiger partial charge is 0.125 e. The molecule has 1 saturated heterocycles.